The lowest BCUT2D eigenvalue weighted by Gasteiger charge is -2.32. The smallest absolute Gasteiger partial charge is 0.441 e. The van der Waals surface area contributed by atoms with Gasteiger partial charge in [0.2, 0.25) is 0 Å². The molecule has 1 aliphatic heterocycles. The summed E-state index contributed by atoms with van der Waals surface area (Å²) >= 11 is 0. The van der Waals surface area contributed by atoms with Crippen molar-refractivity contribution in [2.75, 3.05) is 5.32 Å². The Morgan fingerprint density at radius 3 is 2.24 bits per heavy atom. The number of nitrogens with one attached hydrogen (secondary N) is 1. The zero-order valence-corrected chi connectivity index (χ0v) is 19.8. The predicted molar refractivity (Wildman–Crippen MR) is 127 cm³/mol. The highest BCUT2D eigenvalue weighted by Crippen LogP contribution is 2.36. The van der Waals surface area contributed by atoms with E-state index < -0.39 is 30.5 Å². The molecule has 0 saturated carbocycles. The van der Waals surface area contributed by atoms with Gasteiger partial charge in [-0.05, 0) is 64.7 Å². The molecule has 0 bridgehead atoms. The van der Waals surface area contributed by atoms with E-state index in [0.29, 0.717) is 11.5 Å². The number of benzene rings is 2. The number of rotatable bonds is 5. The number of aryl methyl sites for hydroxylation is 1. The van der Waals surface area contributed by atoms with E-state index in [9.17, 15) is 4.79 Å². The third-order valence-corrected chi connectivity index (χ3v) is 6.28. The van der Waals surface area contributed by atoms with Gasteiger partial charge in [-0.2, -0.15) is 4.68 Å². The highest BCUT2D eigenvalue weighted by molar-refractivity contribution is 6.62. The fraction of sp³-hybridized carbons (Fsp3) is 0.375. The van der Waals surface area contributed by atoms with Crippen molar-refractivity contribution >= 4 is 24.5 Å². The quantitative estimate of drug-likeness (QED) is 0.590. The van der Waals surface area contributed by atoms with E-state index in [1.807, 2.05) is 89.2 Å². The van der Waals surface area contributed by atoms with Crippen molar-refractivity contribution in [1.82, 2.24) is 15.0 Å². The molecule has 0 aliphatic carbocycles. The van der Waals surface area contributed by atoms with Gasteiger partial charge >= 0.3 is 13.2 Å². The maximum Gasteiger partial charge on any atom is 0.494 e. The van der Waals surface area contributed by atoms with Gasteiger partial charge in [-0.3, -0.25) is 5.32 Å². The second-order valence-corrected chi connectivity index (χ2v) is 9.20. The Morgan fingerprint density at radius 2 is 1.64 bits per heavy atom. The maximum absolute atomic E-state index is 12.5. The van der Waals surface area contributed by atoms with Crippen LogP contribution in [0.25, 0.3) is 5.69 Å². The van der Waals surface area contributed by atoms with Crippen LogP contribution in [0.15, 0.2) is 54.6 Å². The second-order valence-electron chi connectivity index (χ2n) is 9.20. The van der Waals surface area contributed by atoms with Gasteiger partial charge in [0.05, 0.1) is 16.9 Å². The Kier molecular flexibility index (Phi) is 6.03. The molecule has 9 heteroatoms. The molecular formula is C24H29BN4O4. The summed E-state index contributed by atoms with van der Waals surface area (Å²) in [5.41, 5.74) is 2.31. The average Bonchev–Trinajstić information content (AvgIpc) is 3.23. The summed E-state index contributed by atoms with van der Waals surface area (Å²) in [7, 11) is -0.450. The molecule has 8 nitrogen and oxygen atoms in total. The molecule has 1 N–H and O–H groups in total. The summed E-state index contributed by atoms with van der Waals surface area (Å²) < 4.78 is 19.3. The summed E-state index contributed by atoms with van der Waals surface area (Å²) in [6, 6.07) is 17.2. The van der Waals surface area contributed by atoms with Crippen molar-refractivity contribution in [3.63, 3.8) is 0 Å². The van der Waals surface area contributed by atoms with Crippen LogP contribution in [0.4, 0.5) is 10.6 Å². The van der Waals surface area contributed by atoms with E-state index in [1.165, 1.54) is 0 Å². The number of hydrogen-bond acceptors (Lipinski definition) is 6. The zero-order chi connectivity index (χ0) is 23.8. The van der Waals surface area contributed by atoms with Crippen LogP contribution < -0.4 is 10.8 Å². The minimum absolute atomic E-state index is 0.393. The molecule has 0 spiro atoms. The number of aromatic nitrogens is 3. The third-order valence-electron chi connectivity index (χ3n) is 6.28. The molecule has 2 aromatic carbocycles. The highest BCUT2D eigenvalue weighted by Gasteiger charge is 2.51. The molecule has 0 radical (unpaired) electrons. The van der Waals surface area contributed by atoms with Crippen LogP contribution >= 0.6 is 0 Å². The van der Waals surface area contributed by atoms with Gasteiger partial charge in [0.15, 0.2) is 5.82 Å². The van der Waals surface area contributed by atoms with Gasteiger partial charge in [-0.15, -0.1) is 5.10 Å². The Hall–Kier alpha value is -3.17. The Labute approximate surface area is 194 Å². The Morgan fingerprint density at radius 1 is 1.03 bits per heavy atom. The number of carbonyl (C=O) groups excluding carboxylic acids is 1. The van der Waals surface area contributed by atoms with Crippen LogP contribution in [0.3, 0.4) is 0 Å². The van der Waals surface area contributed by atoms with Gasteiger partial charge in [-0.25, -0.2) is 4.79 Å². The van der Waals surface area contributed by atoms with Crippen LogP contribution in [0.1, 0.15) is 52.0 Å². The topological polar surface area (TPSA) is 87.5 Å². The number of anilines is 1. The van der Waals surface area contributed by atoms with Crippen LogP contribution in [0, 0.1) is 6.92 Å². The molecule has 1 aliphatic rings. The van der Waals surface area contributed by atoms with Crippen molar-refractivity contribution in [1.29, 1.82) is 0 Å². The van der Waals surface area contributed by atoms with Crippen LogP contribution in [-0.2, 0) is 14.0 Å². The van der Waals surface area contributed by atoms with Crippen molar-refractivity contribution < 1.29 is 18.8 Å². The molecule has 1 aromatic heterocycles. The van der Waals surface area contributed by atoms with E-state index in [0.717, 1.165) is 16.7 Å². The third kappa shape index (κ3) is 4.65. The molecule has 2 heterocycles. The zero-order valence-electron chi connectivity index (χ0n) is 19.8. The van der Waals surface area contributed by atoms with E-state index in [4.69, 9.17) is 14.0 Å². The minimum atomic E-state index is -0.577. The van der Waals surface area contributed by atoms with E-state index in [1.54, 1.807) is 11.6 Å². The van der Waals surface area contributed by atoms with Crippen LogP contribution in [0.5, 0.6) is 0 Å². The number of amides is 1. The van der Waals surface area contributed by atoms with E-state index >= 15 is 0 Å². The van der Waals surface area contributed by atoms with Crippen LogP contribution in [-0.4, -0.2) is 39.4 Å². The summed E-state index contributed by atoms with van der Waals surface area (Å²) in [6.45, 7) is 11.7. The molecule has 1 atom stereocenters. The number of hydrogen-bond donors (Lipinski definition) is 1. The monoisotopic (exact) mass is 448 g/mol. The first-order chi connectivity index (χ1) is 15.6. The molecule has 1 amide bonds. The summed E-state index contributed by atoms with van der Waals surface area (Å²) in [6.07, 6.45) is -0.970. The normalized spacial score (nSPS) is 17.6. The predicted octanol–water partition coefficient (Wildman–Crippen LogP) is 4.18. The summed E-state index contributed by atoms with van der Waals surface area (Å²) in [5.74, 6) is 0.448. The van der Waals surface area contributed by atoms with Crippen LogP contribution in [0.2, 0.25) is 0 Å². The number of nitrogens with zero attached hydrogens (tertiary/aromatic N) is 3. The molecule has 3 aromatic rings. The van der Waals surface area contributed by atoms with Crippen molar-refractivity contribution in [3.05, 3.63) is 65.9 Å². The lowest BCUT2D eigenvalue weighted by atomic mass is 9.79. The molecule has 172 valence electrons. The SMILES string of the molecule is Cc1nnn(-c2ccc(B3OC(C)(C)C(C)(C)O3)cc2)c1NC(=O)O[C@H](C)c1ccccc1. The molecular weight excluding hydrogens is 419 g/mol. The van der Waals surface area contributed by atoms with Crippen molar-refractivity contribution in [2.24, 2.45) is 0 Å². The first-order valence-corrected chi connectivity index (χ1v) is 11.0. The fourth-order valence-electron chi connectivity index (χ4n) is 3.51. The van der Waals surface area contributed by atoms with Crippen molar-refractivity contribution in [3.8, 4) is 5.69 Å². The molecule has 4 rings (SSSR count). The highest BCUT2D eigenvalue weighted by atomic mass is 16.7. The molecule has 0 unspecified atom stereocenters. The van der Waals surface area contributed by atoms with Gasteiger partial charge < -0.3 is 14.0 Å². The largest absolute Gasteiger partial charge is 0.494 e. The standard InChI is InChI=1S/C24H29BN4O4/c1-16-21(26-22(30)31-17(2)18-10-8-7-9-11-18)29(28-27-16)20-14-12-19(13-15-20)25-32-23(3,4)24(5,6)33-25/h7-15,17H,1-6H3,(H,26,30)/t17-/m1/s1. The lowest BCUT2D eigenvalue weighted by molar-refractivity contribution is 0.00578. The second kappa shape index (κ2) is 8.65. The number of ether oxygens (including phenoxy) is 1. The van der Waals surface area contributed by atoms with Gasteiger partial charge in [0, 0.05) is 0 Å². The fourth-order valence-corrected chi connectivity index (χ4v) is 3.51. The van der Waals surface area contributed by atoms with Gasteiger partial charge in [0.25, 0.3) is 0 Å². The van der Waals surface area contributed by atoms with Crippen molar-refractivity contribution in [2.45, 2.75) is 58.8 Å². The first kappa shape index (κ1) is 23.0. The lowest BCUT2D eigenvalue weighted by Crippen LogP contribution is -2.41. The van der Waals surface area contributed by atoms with Gasteiger partial charge in [0.1, 0.15) is 11.8 Å². The average molecular weight is 448 g/mol. The minimum Gasteiger partial charge on any atom is -0.441 e. The van der Waals surface area contributed by atoms with E-state index in [2.05, 4.69) is 15.6 Å². The van der Waals surface area contributed by atoms with Gasteiger partial charge in [-0.1, -0.05) is 47.7 Å². The molecule has 1 saturated heterocycles. The first-order valence-electron chi connectivity index (χ1n) is 11.0. The number of carbonyl (C=O) groups is 1. The Bertz CT molecular complexity index is 1110. The Balaban J connectivity index is 1.48. The summed E-state index contributed by atoms with van der Waals surface area (Å²) in [5, 5.41) is 11.1. The molecule has 1 fully saturated rings. The maximum atomic E-state index is 12.5. The molecule has 33 heavy (non-hydrogen) atoms. The summed E-state index contributed by atoms with van der Waals surface area (Å²) in [4.78, 5) is 12.5. The van der Waals surface area contributed by atoms with E-state index in [-0.39, 0.29) is 0 Å².